The summed E-state index contributed by atoms with van der Waals surface area (Å²) in [6.45, 7) is 0.219. The Kier molecular flexibility index (Phi) is 7.79. The summed E-state index contributed by atoms with van der Waals surface area (Å²) in [5, 5.41) is 2.71. The third-order valence-corrected chi connectivity index (χ3v) is 3.80. The topological polar surface area (TPSA) is 66.0 Å². The first-order chi connectivity index (χ1) is 13.6. The van der Waals surface area contributed by atoms with E-state index in [1.165, 1.54) is 27.4 Å². The molecule has 0 aliphatic rings. The predicted octanol–water partition coefficient (Wildman–Crippen LogP) is 2.90. The van der Waals surface area contributed by atoms with Crippen LogP contribution < -0.4 is 24.3 Å². The van der Waals surface area contributed by atoms with Crippen molar-refractivity contribution in [1.82, 2.24) is 5.32 Å². The number of para-hydroxylation sites is 1. The summed E-state index contributed by atoms with van der Waals surface area (Å²) < 4.78 is 21.1. The summed E-state index contributed by atoms with van der Waals surface area (Å²) in [6.07, 6.45) is 3.08. The molecule has 146 valence electrons. The van der Waals surface area contributed by atoms with Gasteiger partial charge in [0.05, 0.1) is 40.5 Å². The number of nitrogens with one attached hydrogen (secondary N) is 1. The van der Waals surface area contributed by atoms with Crippen LogP contribution in [0.15, 0.2) is 42.5 Å². The molecule has 2 rings (SSSR count). The molecular formula is C22H23NO5. The van der Waals surface area contributed by atoms with Crippen LogP contribution in [0.3, 0.4) is 0 Å². The summed E-state index contributed by atoms with van der Waals surface area (Å²) in [5.74, 6) is 7.85. The molecule has 1 amide bonds. The van der Waals surface area contributed by atoms with Gasteiger partial charge in [0, 0.05) is 6.08 Å². The summed E-state index contributed by atoms with van der Waals surface area (Å²) in [5.41, 5.74) is 1.51. The molecule has 0 radical (unpaired) electrons. The molecular weight excluding hydrogens is 358 g/mol. The molecule has 6 nitrogen and oxygen atoms in total. The molecule has 0 spiro atoms. The number of methoxy groups -OCH3 is 4. The molecule has 0 aliphatic heterocycles. The highest BCUT2D eigenvalue weighted by molar-refractivity contribution is 5.92. The van der Waals surface area contributed by atoms with E-state index in [0.717, 1.165) is 11.1 Å². The van der Waals surface area contributed by atoms with Crippen LogP contribution in [0, 0.1) is 11.8 Å². The predicted molar refractivity (Wildman–Crippen MR) is 108 cm³/mol. The summed E-state index contributed by atoms with van der Waals surface area (Å²) in [6, 6.07) is 11.0. The van der Waals surface area contributed by atoms with Gasteiger partial charge in [0.1, 0.15) is 5.75 Å². The first-order valence-electron chi connectivity index (χ1n) is 8.50. The fourth-order valence-corrected chi connectivity index (χ4v) is 2.45. The van der Waals surface area contributed by atoms with Gasteiger partial charge in [-0.15, -0.1) is 0 Å². The van der Waals surface area contributed by atoms with Crippen LogP contribution >= 0.6 is 0 Å². The average Bonchev–Trinajstić information content (AvgIpc) is 2.74. The Morgan fingerprint density at radius 3 is 2.21 bits per heavy atom. The van der Waals surface area contributed by atoms with E-state index in [1.54, 1.807) is 25.3 Å². The number of amides is 1. The lowest BCUT2D eigenvalue weighted by molar-refractivity contribution is -0.116. The zero-order valence-electron chi connectivity index (χ0n) is 16.4. The van der Waals surface area contributed by atoms with Crippen molar-refractivity contribution in [2.75, 3.05) is 35.0 Å². The van der Waals surface area contributed by atoms with E-state index in [-0.39, 0.29) is 12.5 Å². The standard InChI is InChI=1S/C22H23NO5/c1-25-18-10-6-5-8-17(18)9-7-13-23-21(24)12-11-16-14-19(26-2)22(28-4)20(15-16)27-3/h5-6,8,10-12,14-15H,13H2,1-4H3,(H,23,24)/b12-11+. The first-order valence-corrected chi connectivity index (χ1v) is 8.50. The summed E-state index contributed by atoms with van der Waals surface area (Å²) in [4.78, 5) is 12.0. The van der Waals surface area contributed by atoms with E-state index in [2.05, 4.69) is 17.2 Å². The lowest BCUT2D eigenvalue weighted by atomic mass is 10.1. The minimum atomic E-state index is -0.261. The first kappa shape index (κ1) is 20.7. The fourth-order valence-electron chi connectivity index (χ4n) is 2.45. The van der Waals surface area contributed by atoms with E-state index in [0.29, 0.717) is 23.0 Å². The Morgan fingerprint density at radius 2 is 1.61 bits per heavy atom. The highest BCUT2D eigenvalue weighted by Crippen LogP contribution is 2.38. The molecule has 0 bridgehead atoms. The van der Waals surface area contributed by atoms with Crippen LogP contribution in [0.4, 0.5) is 0 Å². The van der Waals surface area contributed by atoms with E-state index >= 15 is 0 Å². The van der Waals surface area contributed by atoms with Crippen molar-refractivity contribution in [3.05, 3.63) is 53.6 Å². The molecule has 0 heterocycles. The quantitative estimate of drug-likeness (QED) is 0.590. The number of carbonyl (C=O) groups is 1. The molecule has 1 N–H and O–H groups in total. The van der Waals surface area contributed by atoms with Crippen molar-refractivity contribution in [3.63, 3.8) is 0 Å². The highest BCUT2D eigenvalue weighted by Gasteiger charge is 2.12. The van der Waals surface area contributed by atoms with E-state index < -0.39 is 0 Å². The van der Waals surface area contributed by atoms with Crippen LogP contribution in [0.25, 0.3) is 6.08 Å². The van der Waals surface area contributed by atoms with Gasteiger partial charge in [0.15, 0.2) is 11.5 Å². The number of carbonyl (C=O) groups excluding carboxylic acids is 1. The summed E-state index contributed by atoms with van der Waals surface area (Å²) >= 11 is 0. The van der Waals surface area contributed by atoms with Gasteiger partial charge in [-0.05, 0) is 35.9 Å². The Morgan fingerprint density at radius 1 is 0.964 bits per heavy atom. The van der Waals surface area contributed by atoms with Crippen molar-refractivity contribution >= 4 is 12.0 Å². The summed E-state index contributed by atoms with van der Waals surface area (Å²) in [7, 11) is 6.21. The molecule has 2 aromatic rings. The van der Waals surface area contributed by atoms with Gasteiger partial charge in [-0.2, -0.15) is 0 Å². The number of ether oxygens (including phenoxy) is 4. The number of rotatable bonds is 7. The van der Waals surface area contributed by atoms with Crippen molar-refractivity contribution in [3.8, 4) is 34.8 Å². The second-order valence-electron chi connectivity index (χ2n) is 5.51. The molecule has 0 saturated carbocycles. The largest absolute Gasteiger partial charge is 0.495 e. The normalized spacial score (nSPS) is 10.0. The zero-order valence-corrected chi connectivity index (χ0v) is 16.4. The third-order valence-electron chi connectivity index (χ3n) is 3.80. The Balaban J connectivity index is 2.00. The van der Waals surface area contributed by atoms with E-state index in [1.807, 2.05) is 24.3 Å². The fraction of sp³-hybridized carbons (Fsp3) is 0.227. The minimum absolute atomic E-state index is 0.219. The maximum atomic E-state index is 12.0. The second kappa shape index (κ2) is 10.5. The van der Waals surface area contributed by atoms with Crippen molar-refractivity contribution in [2.45, 2.75) is 0 Å². The second-order valence-corrected chi connectivity index (χ2v) is 5.51. The molecule has 28 heavy (non-hydrogen) atoms. The lowest BCUT2D eigenvalue weighted by Crippen LogP contribution is -2.20. The molecule has 0 fully saturated rings. The van der Waals surface area contributed by atoms with Gasteiger partial charge in [0.2, 0.25) is 11.7 Å². The van der Waals surface area contributed by atoms with Crippen LogP contribution in [0.2, 0.25) is 0 Å². The average molecular weight is 381 g/mol. The number of hydrogen-bond acceptors (Lipinski definition) is 5. The van der Waals surface area contributed by atoms with Gasteiger partial charge in [-0.1, -0.05) is 24.0 Å². The third kappa shape index (κ3) is 5.45. The van der Waals surface area contributed by atoms with Gasteiger partial charge in [-0.3, -0.25) is 4.79 Å². The molecule has 6 heteroatoms. The van der Waals surface area contributed by atoms with Crippen LogP contribution in [-0.2, 0) is 4.79 Å². The van der Waals surface area contributed by atoms with Gasteiger partial charge in [-0.25, -0.2) is 0 Å². The van der Waals surface area contributed by atoms with E-state index in [4.69, 9.17) is 18.9 Å². The van der Waals surface area contributed by atoms with Crippen LogP contribution in [0.5, 0.6) is 23.0 Å². The maximum Gasteiger partial charge on any atom is 0.244 e. The Hall–Kier alpha value is -3.59. The van der Waals surface area contributed by atoms with Crippen LogP contribution in [-0.4, -0.2) is 40.9 Å². The highest BCUT2D eigenvalue weighted by atomic mass is 16.5. The molecule has 2 aromatic carbocycles. The molecule has 0 saturated heterocycles. The SMILES string of the molecule is COc1ccccc1C#CCNC(=O)/C=C/c1cc(OC)c(OC)c(OC)c1. The van der Waals surface area contributed by atoms with Gasteiger partial charge >= 0.3 is 0 Å². The molecule has 0 unspecified atom stereocenters. The lowest BCUT2D eigenvalue weighted by Gasteiger charge is -2.12. The van der Waals surface area contributed by atoms with Gasteiger partial charge < -0.3 is 24.3 Å². The van der Waals surface area contributed by atoms with Crippen LogP contribution in [0.1, 0.15) is 11.1 Å². The van der Waals surface area contributed by atoms with Gasteiger partial charge in [0.25, 0.3) is 0 Å². The Bertz CT molecular complexity index is 884. The van der Waals surface area contributed by atoms with E-state index in [9.17, 15) is 4.79 Å². The minimum Gasteiger partial charge on any atom is -0.495 e. The molecule has 0 aromatic heterocycles. The Labute approximate surface area is 165 Å². The van der Waals surface area contributed by atoms with Crippen molar-refractivity contribution in [1.29, 1.82) is 0 Å². The maximum absolute atomic E-state index is 12.0. The number of benzene rings is 2. The molecule has 0 atom stereocenters. The smallest absolute Gasteiger partial charge is 0.244 e. The number of hydrogen-bond donors (Lipinski definition) is 1. The van der Waals surface area contributed by atoms with Crippen molar-refractivity contribution < 1.29 is 23.7 Å². The monoisotopic (exact) mass is 381 g/mol. The van der Waals surface area contributed by atoms with Crippen molar-refractivity contribution in [2.24, 2.45) is 0 Å². The zero-order chi connectivity index (χ0) is 20.4. The molecule has 0 aliphatic carbocycles.